The predicted octanol–water partition coefficient (Wildman–Crippen LogP) is 8.49. The van der Waals surface area contributed by atoms with Crippen LogP contribution in [-0.4, -0.2) is 41.3 Å². The molecular weight excluding hydrogens is 447 g/mol. The summed E-state index contributed by atoms with van der Waals surface area (Å²) in [7, 11) is -3.00. The molecule has 0 heterocycles. The fourth-order valence-electron chi connectivity index (χ4n) is 3.57. The van der Waals surface area contributed by atoms with E-state index in [4.69, 9.17) is 14.5 Å². The molecule has 0 radical (unpaired) electrons. The molecule has 0 amide bonds. The Morgan fingerprint density at radius 3 is 2.00 bits per heavy atom. The number of thioether (sulfide) groups is 1. The highest BCUT2D eigenvalue weighted by Crippen LogP contribution is 2.26. The summed E-state index contributed by atoms with van der Waals surface area (Å²) < 4.78 is 22.2. The minimum absolute atomic E-state index is 0.145. The third-order valence-electron chi connectivity index (χ3n) is 5.60. The molecule has 0 rings (SSSR count). The molecule has 6 nitrogen and oxygen atoms in total. The lowest BCUT2D eigenvalue weighted by Gasteiger charge is -2.24. The Bertz CT molecular complexity index is 452. The van der Waals surface area contributed by atoms with Gasteiger partial charge in [0.25, 0.3) is 0 Å². The molecule has 8 heteroatoms. The average molecular weight is 497 g/mol. The van der Waals surface area contributed by atoms with Crippen LogP contribution < -0.4 is 0 Å². The Kier molecular flexibility index (Phi) is 24.0. The fourth-order valence-corrected chi connectivity index (χ4v) is 5.45. The Morgan fingerprint density at radius 2 is 1.41 bits per heavy atom. The largest absolute Gasteiger partial charge is 0.421 e. The maximum Gasteiger partial charge on any atom is 0.421 e. The summed E-state index contributed by atoms with van der Waals surface area (Å²) in [5.41, 5.74) is -1.22. The molecule has 1 N–H and O–H groups in total. The molecule has 3 atom stereocenters. The molecule has 0 aromatic rings. The fraction of sp³-hybridized carbons (Fsp3) is 0.958. The highest BCUT2D eigenvalue weighted by Gasteiger charge is 2.18. The van der Waals surface area contributed by atoms with E-state index in [9.17, 15) is 9.36 Å². The second-order valence-electron chi connectivity index (χ2n) is 8.53. The zero-order valence-corrected chi connectivity index (χ0v) is 22.6. The molecule has 3 unspecified atom stereocenters. The topological polar surface area (TPSA) is 82.1 Å². The molecule has 0 aliphatic rings. The van der Waals surface area contributed by atoms with Crippen molar-refractivity contribution in [3.05, 3.63) is 0 Å². The van der Waals surface area contributed by atoms with Gasteiger partial charge in [0.15, 0.2) is 0 Å². The van der Waals surface area contributed by atoms with Crippen LogP contribution in [0.2, 0.25) is 0 Å². The van der Waals surface area contributed by atoms with Crippen molar-refractivity contribution in [2.45, 2.75) is 128 Å². The number of carbonyl (C=O) groups excluding carboxylic acids is 1. The van der Waals surface area contributed by atoms with Crippen molar-refractivity contribution in [2.24, 2.45) is 0 Å². The van der Waals surface area contributed by atoms with E-state index in [1.165, 1.54) is 95.6 Å². The van der Waals surface area contributed by atoms with Crippen LogP contribution in [0, 0.1) is 0 Å². The lowest BCUT2D eigenvalue weighted by molar-refractivity contribution is -0.168. The quantitative estimate of drug-likeness (QED) is 0.0621. The van der Waals surface area contributed by atoms with Gasteiger partial charge in [0.05, 0.1) is 12.7 Å². The Balaban J connectivity index is 3.94. The highest BCUT2D eigenvalue weighted by atomic mass is 32.2. The molecular formula is C24H49O6PS. The minimum atomic E-state index is -3.00. The van der Waals surface area contributed by atoms with Gasteiger partial charge in [-0.2, -0.15) is 17.0 Å². The number of hydrogen-bond donors (Lipinski definition) is 1. The summed E-state index contributed by atoms with van der Waals surface area (Å²) in [6, 6.07) is 0. The summed E-state index contributed by atoms with van der Waals surface area (Å²) in [5, 5.41) is 8.67. The lowest BCUT2D eigenvalue weighted by Crippen LogP contribution is -2.24. The summed E-state index contributed by atoms with van der Waals surface area (Å²) in [6.45, 7) is 7.26. The molecule has 0 aliphatic carbocycles. The first-order valence-electron chi connectivity index (χ1n) is 12.8. The van der Waals surface area contributed by atoms with Crippen molar-refractivity contribution in [2.75, 3.05) is 19.0 Å². The van der Waals surface area contributed by atoms with Crippen LogP contribution in [0.15, 0.2) is 0 Å². The van der Waals surface area contributed by atoms with Crippen LogP contribution in [0.5, 0.6) is 0 Å². The van der Waals surface area contributed by atoms with Crippen molar-refractivity contribution >= 4 is 25.5 Å². The van der Waals surface area contributed by atoms with Gasteiger partial charge in [0.1, 0.15) is 0 Å². The number of ether oxygens (including phenoxy) is 1. The lowest BCUT2D eigenvalue weighted by atomic mass is 10.1. The van der Waals surface area contributed by atoms with Gasteiger partial charge in [-0.25, -0.2) is 4.79 Å². The summed E-state index contributed by atoms with van der Waals surface area (Å²) >= 11 is 2.04. The van der Waals surface area contributed by atoms with Crippen molar-refractivity contribution in [3.63, 3.8) is 0 Å². The molecule has 0 fully saturated rings. The number of carbonyl (C=O) groups is 1. The van der Waals surface area contributed by atoms with Crippen LogP contribution in [0.4, 0.5) is 4.79 Å². The SMILES string of the molecule is CCCCCCCCCCCCSC(CCCCC)C(C)OCCCO[PH](=O)C(=O)OO. The van der Waals surface area contributed by atoms with Crippen molar-refractivity contribution in [1.29, 1.82) is 0 Å². The minimum Gasteiger partial charge on any atom is -0.377 e. The zero-order chi connectivity index (χ0) is 23.9. The predicted molar refractivity (Wildman–Crippen MR) is 136 cm³/mol. The molecule has 0 aliphatic heterocycles. The van der Waals surface area contributed by atoms with Gasteiger partial charge < -0.3 is 9.26 Å². The highest BCUT2D eigenvalue weighted by molar-refractivity contribution is 7.99. The van der Waals surface area contributed by atoms with Gasteiger partial charge in [-0.1, -0.05) is 90.9 Å². The van der Waals surface area contributed by atoms with Gasteiger partial charge in [0, 0.05) is 11.9 Å². The third kappa shape index (κ3) is 19.4. The van der Waals surface area contributed by atoms with Crippen LogP contribution in [-0.2, 0) is 18.7 Å². The van der Waals surface area contributed by atoms with E-state index in [1.807, 2.05) is 11.8 Å². The molecule has 32 heavy (non-hydrogen) atoms. The number of unbranched alkanes of at least 4 members (excludes halogenated alkanes) is 11. The number of rotatable bonds is 24. The smallest absolute Gasteiger partial charge is 0.377 e. The van der Waals surface area contributed by atoms with E-state index in [0.717, 1.165) is 0 Å². The molecule has 0 spiro atoms. The maximum atomic E-state index is 11.3. The van der Waals surface area contributed by atoms with Gasteiger partial charge in [-0.15, -0.1) is 0 Å². The van der Waals surface area contributed by atoms with Gasteiger partial charge in [-0.3, -0.25) is 9.45 Å². The van der Waals surface area contributed by atoms with E-state index in [0.29, 0.717) is 18.3 Å². The first-order chi connectivity index (χ1) is 15.6. The van der Waals surface area contributed by atoms with E-state index < -0.39 is 13.7 Å². The van der Waals surface area contributed by atoms with Crippen LogP contribution in [0.25, 0.3) is 0 Å². The number of hydrogen-bond acceptors (Lipinski definition) is 7. The first kappa shape index (κ1) is 31.9. The van der Waals surface area contributed by atoms with Crippen LogP contribution >= 0.6 is 19.8 Å². The normalized spacial score (nSPS) is 14.2. The molecule has 0 saturated carbocycles. The van der Waals surface area contributed by atoms with Crippen LogP contribution in [0.1, 0.15) is 117 Å². The maximum absolute atomic E-state index is 11.3. The van der Waals surface area contributed by atoms with Crippen molar-refractivity contribution < 1.29 is 28.8 Å². The standard InChI is InChI=1S/C24H49O6PS/c1-4-6-8-9-10-11-12-13-14-16-21-32-23(18-15-7-5-2)22(3)28-19-17-20-29-31(27)24(25)30-26/h22-23,26,31H,4-21H2,1-3H3. The van der Waals surface area contributed by atoms with E-state index >= 15 is 0 Å². The molecule has 0 aromatic heterocycles. The zero-order valence-electron chi connectivity index (χ0n) is 20.8. The first-order valence-corrected chi connectivity index (χ1v) is 15.2. The van der Waals surface area contributed by atoms with E-state index in [2.05, 4.69) is 25.7 Å². The van der Waals surface area contributed by atoms with Gasteiger partial charge in [-0.05, 0) is 31.9 Å². The van der Waals surface area contributed by atoms with E-state index in [-0.39, 0.29) is 12.7 Å². The molecule has 0 saturated heterocycles. The summed E-state index contributed by atoms with van der Waals surface area (Å²) in [4.78, 5) is 14.3. The average Bonchev–Trinajstić information content (AvgIpc) is 2.80. The Morgan fingerprint density at radius 1 is 0.844 bits per heavy atom. The van der Waals surface area contributed by atoms with Crippen LogP contribution in [0.3, 0.4) is 0 Å². The summed E-state index contributed by atoms with van der Waals surface area (Å²) in [6.07, 6.45) is 19.2. The third-order valence-corrected chi connectivity index (χ3v) is 8.06. The van der Waals surface area contributed by atoms with Crippen molar-refractivity contribution in [3.8, 4) is 0 Å². The van der Waals surface area contributed by atoms with Gasteiger partial charge in [0.2, 0.25) is 0 Å². The summed E-state index contributed by atoms with van der Waals surface area (Å²) in [5.74, 6) is 1.19. The van der Waals surface area contributed by atoms with Gasteiger partial charge >= 0.3 is 13.7 Å². The van der Waals surface area contributed by atoms with Crippen molar-refractivity contribution in [1.82, 2.24) is 0 Å². The Labute approximate surface area is 201 Å². The van der Waals surface area contributed by atoms with E-state index in [1.54, 1.807) is 0 Å². The molecule has 192 valence electrons. The second-order valence-corrected chi connectivity index (χ2v) is 11.2. The monoisotopic (exact) mass is 496 g/mol. The molecule has 0 aromatic carbocycles. The second kappa shape index (κ2) is 24.1. The Hall–Kier alpha value is -0.0700. The molecule has 0 bridgehead atoms.